The fraction of sp³-hybridized carbons (Fsp3) is 0.529. The van der Waals surface area contributed by atoms with Crippen LogP contribution >= 0.6 is 11.6 Å². The molecular weight excluding hydrogens is 380 g/mol. The molecule has 1 saturated carbocycles. The quantitative estimate of drug-likeness (QED) is 0.675. The zero-order chi connectivity index (χ0) is 19.5. The molecule has 1 N–H and O–H groups in total. The molecule has 26 heavy (non-hydrogen) atoms. The maximum atomic E-state index is 12.6. The number of nitrogens with zero attached hydrogens (tertiary/aromatic N) is 1. The highest BCUT2D eigenvalue weighted by Gasteiger charge is 2.33. The van der Waals surface area contributed by atoms with Crippen molar-refractivity contribution in [1.29, 1.82) is 0 Å². The van der Waals surface area contributed by atoms with Gasteiger partial charge in [0, 0.05) is 13.1 Å². The fourth-order valence-electron chi connectivity index (χ4n) is 2.35. The summed E-state index contributed by atoms with van der Waals surface area (Å²) in [5, 5.41) is 2.72. The zero-order valence-corrected chi connectivity index (χ0v) is 16.6. The van der Waals surface area contributed by atoms with Crippen molar-refractivity contribution in [2.45, 2.75) is 44.6 Å². The predicted octanol–water partition coefficient (Wildman–Crippen LogP) is 2.65. The first-order valence-corrected chi connectivity index (χ1v) is 10.3. The lowest BCUT2D eigenvalue weighted by Gasteiger charge is -2.19. The van der Waals surface area contributed by atoms with Crippen LogP contribution in [0.4, 0.5) is 5.69 Å². The molecule has 144 valence electrons. The number of carbonyl (C=O) groups is 2. The number of nitrogens with one attached hydrogen (secondary N) is 1. The van der Waals surface area contributed by atoms with Gasteiger partial charge in [-0.15, -0.1) is 0 Å². The van der Waals surface area contributed by atoms with Gasteiger partial charge < -0.3 is 10.1 Å². The van der Waals surface area contributed by atoms with Gasteiger partial charge in [0.2, 0.25) is 10.0 Å². The molecule has 1 aliphatic carbocycles. The minimum atomic E-state index is -3.68. The van der Waals surface area contributed by atoms with Crippen molar-refractivity contribution in [2.24, 2.45) is 5.92 Å². The smallest absolute Gasteiger partial charge is 0.309 e. The van der Waals surface area contributed by atoms with Crippen LogP contribution in [0.1, 0.15) is 33.6 Å². The highest BCUT2D eigenvalue weighted by Crippen LogP contribution is 2.31. The van der Waals surface area contributed by atoms with Gasteiger partial charge in [0.1, 0.15) is 0 Å². The second-order valence-corrected chi connectivity index (χ2v) is 8.42. The number of hydrogen-bond donors (Lipinski definition) is 1. The Labute approximate surface area is 158 Å². The lowest BCUT2D eigenvalue weighted by molar-refractivity contribution is -0.154. The van der Waals surface area contributed by atoms with Crippen molar-refractivity contribution in [3.8, 4) is 0 Å². The van der Waals surface area contributed by atoms with Gasteiger partial charge in [-0.3, -0.25) is 9.59 Å². The number of amides is 1. The number of carbonyl (C=O) groups excluding carboxylic acids is 2. The van der Waals surface area contributed by atoms with Crippen LogP contribution in [-0.2, 0) is 24.3 Å². The molecule has 1 fully saturated rings. The zero-order valence-electron chi connectivity index (χ0n) is 15.0. The first-order valence-electron chi connectivity index (χ1n) is 8.51. The fourth-order valence-corrected chi connectivity index (χ4v) is 4.00. The van der Waals surface area contributed by atoms with E-state index in [1.165, 1.54) is 29.4 Å². The van der Waals surface area contributed by atoms with E-state index >= 15 is 0 Å². The average molecular weight is 403 g/mol. The highest BCUT2D eigenvalue weighted by molar-refractivity contribution is 7.89. The molecule has 1 atom stereocenters. The Bertz CT molecular complexity index is 788. The van der Waals surface area contributed by atoms with Crippen LogP contribution in [0.3, 0.4) is 0 Å². The highest BCUT2D eigenvalue weighted by atomic mass is 35.5. The summed E-state index contributed by atoms with van der Waals surface area (Å²) in [5.74, 6) is -1.08. The van der Waals surface area contributed by atoms with Crippen LogP contribution < -0.4 is 5.32 Å². The summed E-state index contributed by atoms with van der Waals surface area (Å²) < 4.78 is 31.6. The average Bonchev–Trinajstić information content (AvgIpc) is 3.42. The number of anilines is 1. The molecule has 1 aromatic carbocycles. The summed E-state index contributed by atoms with van der Waals surface area (Å²) >= 11 is 6.08. The molecule has 0 bridgehead atoms. The molecule has 7 nitrogen and oxygen atoms in total. The minimum absolute atomic E-state index is 0.0310. The first-order chi connectivity index (χ1) is 12.2. The maximum Gasteiger partial charge on any atom is 0.309 e. The molecule has 9 heteroatoms. The minimum Gasteiger partial charge on any atom is -0.452 e. The summed E-state index contributed by atoms with van der Waals surface area (Å²) in [5.41, 5.74) is 0.152. The third-order valence-corrected chi connectivity index (χ3v) is 6.49. The van der Waals surface area contributed by atoms with E-state index in [1.807, 2.05) is 0 Å². The lowest BCUT2D eigenvalue weighted by Crippen LogP contribution is -2.31. The van der Waals surface area contributed by atoms with E-state index in [0.717, 1.165) is 12.8 Å². The summed E-state index contributed by atoms with van der Waals surface area (Å²) in [6.07, 6.45) is 0.566. The van der Waals surface area contributed by atoms with Gasteiger partial charge >= 0.3 is 5.97 Å². The Morgan fingerprint density at radius 3 is 2.46 bits per heavy atom. The van der Waals surface area contributed by atoms with Crippen molar-refractivity contribution in [3.05, 3.63) is 23.2 Å². The van der Waals surface area contributed by atoms with Gasteiger partial charge in [0.05, 0.1) is 21.5 Å². The van der Waals surface area contributed by atoms with E-state index in [2.05, 4.69) is 5.32 Å². The monoisotopic (exact) mass is 402 g/mol. The van der Waals surface area contributed by atoms with Gasteiger partial charge in [-0.05, 0) is 38.0 Å². The van der Waals surface area contributed by atoms with E-state index in [9.17, 15) is 18.0 Å². The Kier molecular flexibility index (Phi) is 6.65. The van der Waals surface area contributed by atoms with Crippen LogP contribution in [0.15, 0.2) is 23.1 Å². The van der Waals surface area contributed by atoms with Gasteiger partial charge in [0.25, 0.3) is 5.91 Å². The van der Waals surface area contributed by atoms with E-state index in [-0.39, 0.29) is 21.5 Å². The Hall–Kier alpha value is -1.64. The third kappa shape index (κ3) is 4.75. The second kappa shape index (κ2) is 8.37. The molecule has 0 heterocycles. The molecule has 1 aromatic rings. The van der Waals surface area contributed by atoms with Crippen LogP contribution in [0.25, 0.3) is 0 Å². The topological polar surface area (TPSA) is 92.8 Å². The first kappa shape index (κ1) is 20.7. The van der Waals surface area contributed by atoms with Crippen LogP contribution in [0.5, 0.6) is 0 Å². The molecule has 0 radical (unpaired) electrons. The molecule has 0 aromatic heterocycles. The molecule has 2 rings (SSSR count). The summed E-state index contributed by atoms with van der Waals surface area (Å²) in [4.78, 5) is 23.9. The number of hydrogen-bond acceptors (Lipinski definition) is 5. The van der Waals surface area contributed by atoms with Crippen LogP contribution in [0, 0.1) is 5.92 Å². The number of ether oxygens (including phenoxy) is 1. The number of rotatable bonds is 8. The van der Waals surface area contributed by atoms with Crippen molar-refractivity contribution in [2.75, 3.05) is 18.4 Å². The normalized spacial score (nSPS) is 15.6. The van der Waals surface area contributed by atoms with Crippen molar-refractivity contribution >= 4 is 39.2 Å². The standard InChI is InChI=1S/C17H23ClN2O5S/c1-4-20(5-2)26(23,24)13-8-9-14(18)15(10-13)19-16(21)11(3)25-17(22)12-6-7-12/h8-12H,4-7H2,1-3H3,(H,19,21)/t11-/m0/s1. The number of esters is 1. The van der Waals surface area contributed by atoms with Crippen molar-refractivity contribution in [1.82, 2.24) is 4.31 Å². The summed E-state index contributed by atoms with van der Waals surface area (Å²) in [6, 6.07) is 4.11. The molecule has 0 saturated heterocycles. The molecule has 0 spiro atoms. The van der Waals surface area contributed by atoms with E-state index in [0.29, 0.717) is 13.1 Å². The van der Waals surface area contributed by atoms with E-state index in [1.54, 1.807) is 13.8 Å². The van der Waals surface area contributed by atoms with Gasteiger partial charge in [-0.25, -0.2) is 8.42 Å². The van der Waals surface area contributed by atoms with Gasteiger partial charge in [-0.1, -0.05) is 25.4 Å². The van der Waals surface area contributed by atoms with Gasteiger partial charge in [-0.2, -0.15) is 4.31 Å². The SMILES string of the molecule is CCN(CC)S(=O)(=O)c1ccc(Cl)c(NC(=O)[C@H](C)OC(=O)C2CC2)c1. The molecule has 0 unspecified atom stereocenters. The van der Waals surface area contributed by atoms with Crippen molar-refractivity contribution in [3.63, 3.8) is 0 Å². The van der Waals surface area contributed by atoms with E-state index < -0.39 is 28.0 Å². The third-order valence-electron chi connectivity index (χ3n) is 4.11. The molecule has 1 amide bonds. The molecule has 1 aliphatic rings. The van der Waals surface area contributed by atoms with Gasteiger partial charge in [0.15, 0.2) is 6.10 Å². The largest absolute Gasteiger partial charge is 0.452 e. The number of benzene rings is 1. The summed E-state index contributed by atoms with van der Waals surface area (Å²) in [6.45, 7) is 5.61. The van der Waals surface area contributed by atoms with E-state index in [4.69, 9.17) is 16.3 Å². The lowest BCUT2D eigenvalue weighted by atomic mass is 10.3. The predicted molar refractivity (Wildman–Crippen MR) is 98.5 cm³/mol. The molecule has 0 aliphatic heterocycles. The Morgan fingerprint density at radius 1 is 1.31 bits per heavy atom. The molecular formula is C17H23ClN2O5S. The number of sulfonamides is 1. The Morgan fingerprint density at radius 2 is 1.92 bits per heavy atom. The maximum absolute atomic E-state index is 12.6. The Balaban J connectivity index is 2.16. The summed E-state index contributed by atoms with van der Waals surface area (Å²) in [7, 11) is -3.68. The number of halogens is 1. The van der Waals surface area contributed by atoms with Crippen LogP contribution in [0.2, 0.25) is 5.02 Å². The van der Waals surface area contributed by atoms with Crippen LogP contribution in [-0.4, -0.2) is 43.8 Å². The van der Waals surface area contributed by atoms with Crippen molar-refractivity contribution < 1.29 is 22.7 Å². The second-order valence-electron chi connectivity index (χ2n) is 6.07.